The fourth-order valence-electron chi connectivity index (χ4n) is 1.56. The predicted molar refractivity (Wildman–Crippen MR) is 82.6 cm³/mol. The molecular weight excluding hydrogens is 374 g/mol. The second kappa shape index (κ2) is 5.75. The first-order valence-corrected chi connectivity index (χ1v) is 7.12. The van der Waals surface area contributed by atoms with E-state index in [2.05, 4.69) is 37.2 Å². The Balaban J connectivity index is 2.25. The lowest BCUT2D eigenvalue weighted by Gasteiger charge is -2.08. The molecule has 98 valence electrons. The molecule has 0 aliphatic rings. The van der Waals surface area contributed by atoms with E-state index < -0.39 is 0 Å². The minimum atomic E-state index is -0.352. The number of nitrogens with one attached hydrogen (secondary N) is 1. The molecule has 0 heterocycles. The van der Waals surface area contributed by atoms with Gasteiger partial charge in [-0.05, 0) is 42.8 Å². The lowest BCUT2D eigenvalue weighted by Crippen LogP contribution is -2.12. The number of halogens is 2. The second-order valence-electron chi connectivity index (χ2n) is 4.08. The van der Waals surface area contributed by atoms with Gasteiger partial charge in [0.1, 0.15) is 5.75 Å². The first-order chi connectivity index (χ1) is 8.97. The van der Waals surface area contributed by atoms with E-state index in [9.17, 15) is 9.90 Å². The van der Waals surface area contributed by atoms with Crippen molar-refractivity contribution in [2.45, 2.75) is 6.92 Å². The zero-order valence-electron chi connectivity index (χ0n) is 10.1. The van der Waals surface area contributed by atoms with Crippen molar-refractivity contribution in [3.63, 3.8) is 0 Å². The maximum atomic E-state index is 12.1. The van der Waals surface area contributed by atoms with Gasteiger partial charge < -0.3 is 10.4 Å². The van der Waals surface area contributed by atoms with E-state index in [-0.39, 0.29) is 17.2 Å². The van der Waals surface area contributed by atoms with E-state index in [4.69, 9.17) is 0 Å². The fraction of sp³-hybridized carbons (Fsp3) is 0.0714. The first kappa shape index (κ1) is 14.1. The molecule has 0 fully saturated rings. The van der Waals surface area contributed by atoms with Gasteiger partial charge in [0.25, 0.3) is 5.91 Å². The summed E-state index contributed by atoms with van der Waals surface area (Å²) >= 11 is 6.68. The van der Waals surface area contributed by atoms with Crippen molar-refractivity contribution >= 4 is 43.5 Å². The standard InChI is InChI=1S/C14H11Br2NO2/c1-8-2-4-10(7-12(8)16)17-14(19)11-6-9(15)3-5-13(11)18/h2-7,18H,1H3,(H,17,19). The predicted octanol–water partition coefficient (Wildman–Crippen LogP) is 4.48. The van der Waals surface area contributed by atoms with Crippen LogP contribution in [0.5, 0.6) is 5.75 Å². The van der Waals surface area contributed by atoms with Crippen molar-refractivity contribution < 1.29 is 9.90 Å². The van der Waals surface area contributed by atoms with Crippen LogP contribution in [0.25, 0.3) is 0 Å². The van der Waals surface area contributed by atoms with Crippen LogP contribution >= 0.6 is 31.9 Å². The highest BCUT2D eigenvalue weighted by Gasteiger charge is 2.12. The number of phenolic OH excluding ortho intramolecular Hbond substituents is 1. The zero-order valence-corrected chi connectivity index (χ0v) is 13.2. The summed E-state index contributed by atoms with van der Waals surface area (Å²) in [7, 11) is 0. The summed E-state index contributed by atoms with van der Waals surface area (Å²) in [6, 6.07) is 10.3. The number of benzene rings is 2. The van der Waals surface area contributed by atoms with Crippen LogP contribution in [0.2, 0.25) is 0 Å². The van der Waals surface area contributed by atoms with E-state index in [0.717, 1.165) is 14.5 Å². The van der Waals surface area contributed by atoms with Crippen LogP contribution in [0.4, 0.5) is 5.69 Å². The third kappa shape index (κ3) is 3.36. The van der Waals surface area contributed by atoms with Gasteiger partial charge in [0.2, 0.25) is 0 Å². The van der Waals surface area contributed by atoms with Gasteiger partial charge in [-0.15, -0.1) is 0 Å². The van der Waals surface area contributed by atoms with Crippen LogP contribution in [0, 0.1) is 6.92 Å². The molecule has 0 aliphatic heterocycles. The molecule has 0 atom stereocenters. The molecule has 3 nitrogen and oxygen atoms in total. The maximum Gasteiger partial charge on any atom is 0.259 e. The lowest BCUT2D eigenvalue weighted by atomic mass is 10.1. The Bertz CT molecular complexity index is 641. The van der Waals surface area contributed by atoms with Gasteiger partial charge >= 0.3 is 0 Å². The Labute approximate surface area is 127 Å². The second-order valence-corrected chi connectivity index (χ2v) is 5.85. The van der Waals surface area contributed by atoms with E-state index in [0.29, 0.717) is 5.69 Å². The normalized spacial score (nSPS) is 10.3. The number of amides is 1. The minimum absolute atomic E-state index is 0.0492. The number of aromatic hydroxyl groups is 1. The van der Waals surface area contributed by atoms with Gasteiger partial charge in [-0.3, -0.25) is 4.79 Å². The van der Waals surface area contributed by atoms with Gasteiger partial charge in [-0.1, -0.05) is 37.9 Å². The maximum absolute atomic E-state index is 12.1. The van der Waals surface area contributed by atoms with Gasteiger partial charge in [-0.25, -0.2) is 0 Å². The topological polar surface area (TPSA) is 49.3 Å². The Hall–Kier alpha value is -1.33. The summed E-state index contributed by atoms with van der Waals surface area (Å²) in [6.45, 7) is 1.97. The number of rotatable bonds is 2. The lowest BCUT2D eigenvalue weighted by molar-refractivity contribution is 0.102. The molecule has 2 aromatic rings. The molecule has 0 aromatic heterocycles. The number of phenols is 1. The fourth-order valence-corrected chi connectivity index (χ4v) is 2.30. The first-order valence-electron chi connectivity index (χ1n) is 5.53. The average Bonchev–Trinajstić information content (AvgIpc) is 2.36. The monoisotopic (exact) mass is 383 g/mol. The van der Waals surface area contributed by atoms with Crippen LogP contribution in [0.15, 0.2) is 45.3 Å². The summed E-state index contributed by atoms with van der Waals surface area (Å²) in [5, 5.41) is 12.4. The highest BCUT2D eigenvalue weighted by molar-refractivity contribution is 9.10. The Kier molecular flexibility index (Phi) is 4.27. The summed E-state index contributed by atoms with van der Waals surface area (Å²) in [6.07, 6.45) is 0. The van der Waals surface area contributed by atoms with Crippen LogP contribution < -0.4 is 5.32 Å². The molecule has 2 aromatic carbocycles. The smallest absolute Gasteiger partial charge is 0.259 e. The van der Waals surface area contributed by atoms with Crippen molar-refractivity contribution in [1.82, 2.24) is 0 Å². The van der Waals surface area contributed by atoms with Gasteiger partial charge in [-0.2, -0.15) is 0 Å². The number of aryl methyl sites for hydroxylation is 1. The number of hydrogen-bond donors (Lipinski definition) is 2. The van der Waals surface area contributed by atoms with Crippen molar-refractivity contribution in [3.05, 3.63) is 56.5 Å². The van der Waals surface area contributed by atoms with Gasteiger partial charge in [0.05, 0.1) is 5.56 Å². The van der Waals surface area contributed by atoms with E-state index in [1.54, 1.807) is 12.1 Å². The number of hydrogen-bond acceptors (Lipinski definition) is 2. The third-order valence-electron chi connectivity index (χ3n) is 2.63. The molecule has 0 bridgehead atoms. The van der Waals surface area contributed by atoms with Crippen molar-refractivity contribution in [2.24, 2.45) is 0 Å². The molecular formula is C14H11Br2NO2. The molecule has 0 radical (unpaired) electrons. The third-order valence-corrected chi connectivity index (χ3v) is 3.98. The van der Waals surface area contributed by atoms with E-state index >= 15 is 0 Å². The van der Waals surface area contributed by atoms with E-state index in [1.807, 2.05) is 25.1 Å². The largest absolute Gasteiger partial charge is 0.507 e. The van der Waals surface area contributed by atoms with E-state index in [1.165, 1.54) is 6.07 Å². The zero-order chi connectivity index (χ0) is 14.0. The summed E-state index contributed by atoms with van der Waals surface area (Å²) in [4.78, 5) is 12.1. The van der Waals surface area contributed by atoms with Crippen LogP contribution in [-0.2, 0) is 0 Å². The number of carbonyl (C=O) groups is 1. The SMILES string of the molecule is Cc1ccc(NC(=O)c2cc(Br)ccc2O)cc1Br. The summed E-state index contributed by atoms with van der Waals surface area (Å²) in [5.74, 6) is -0.401. The van der Waals surface area contributed by atoms with Crippen LogP contribution in [-0.4, -0.2) is 11.0 Å². The molecule has 0 saturated carbocycles. The Morgan fingerprint density at radius 1 is 1.16 bits per heavy atom. The molecule has 0 saturated heterocycles. The average molecular weight is 385 g/mol. The number of carbonyl (C=O) groups excluding carboxylic acids is 1. The van der Waals surface area contributed by atoms with Crippen molar-refractivity contribution in [1.29, 1.82) is 0 Å². The summed E-state index contributed by atoms with van der Waals surface area (Å²) < 4.78 is 1.66. The Morgan fingerprint density at radius 3 is 2.58 bits per heavy atom. The molecule has 19 heavy (non-hydrogen) atoms. The molecule has 2 N–H and O–H groups in total. The molecule has 0 unspecified atom stereocenters. The quantitative estimate of drug-likeness (QED) is 0.801. The highest BCUT2D eigenvalue weighted by Crippen LogP contribution is 2.24. The molecule has 0 aliphatic carbocycles. The van der Waals surface area contributed by atoms with Gasteiger partial charge in [0.15, 0.2) is 0 Å². The van der Waals surface area contributed by atoms with Crippen LogP contribution in [0.3, 0.4) is 0 Å². The van der Waals surface area contributed by atoms with Crippen molar-refractivity contribution in [3.8, 4) is 5.75 Å². The van der Waals surface area contributed by atoms with Crippen LogP contribution in [0.1, 0.15) is 15.9 Å². The minimum Gasteiger partial charge on any atom is -0.507 e. The highest BCUT2D eigenvalue weighted by atomic mass is 79.9. The molecule has 5 heteroatoms. The summed E-state index contributed by atoms with van der Waals surface area (Å²) in [5.41, 5.74) is 1.98. The molecule has 2 rings (SSSR count). The van der Waals surface area contributed by atoms with Gasteiger partial charge in [0, 0.05) is 14.6 Å². The molecule has 1 amide bonds. The number of anilines is 1. The van der Waals surface area contributed by atoms with Crippen molar-refractivity contribution in [2.75, 3.05) is 5.32 Å². The molecule has 0 spiro atoms. The Morgan fingerprint density at radius 2 is 1.89 bits per heavy atom.